The molecule has 0 aromatic heterocycles. The molecule has 0 unspecified atom stereocenters. The number of ether oxygens (including phenoxy) is 1. The van der Waals surface area contributed by atoms with Gasteiger partial charge in [-0.25, -0.2) is 0 Å². The molecule has 0 spiro atoms. The van der Waals surface area contributed by atoms with Gasteiger partial charge in [0.25, 0.3) is 0 Å². The van der Waals surface area contributed by atoms with Gasteiger partial charge in [-0.1, -0.05) is 38.0 Å². The van der Waals surface area contributed by atoms with Crippen molar-refractivity contribution in [2.45, 2.75) is 32.6 Å². The molecule has 1 aromatic carbocycles. The second-order valence-corrected chi connectivity index (χ2v) is 4.06. The molecule has 0 heterocycles. The predicted octanol–water partition coefficient (Wildman–Crippen LogP) is 4.24. The Morgan fingerprint density at radius 1 is 1.24 bits per heavy atom. The van der Waals surface area contributed by atoms with Gasteiger partial charge in [-0.2, -0.15) is 0 Å². The normalized spacial score (nSPS) is 10.7. The van der Waals surface area contributed by atoms with E-state index < -0.39 is 0 Å². The van der Waals surface area contributed by atoms with E-state index in [1.54, 1.807) is 0 Å². The van der Waals surface area contributed by atoms with E-state index in [1.165, 1.54) is 19.3 Å². The lowest BCUT2D eigenvalue weighted by atomic mass is 10.2. The molecular formula is C15H23NO. The molecule has 1 rings (SSSR count). The summed E-state index contributed by atoms with van der Waals surface area (Å²) in [6, 6.07) is 8.00. The van der Waals surface area contributed by atoms with Crippen molar-refractivity contribution in [3.05, 3.63) is 36.4 Å². The molecule has 17 heavy (non-hydrogen) atoms. The van der Waals surface area contributed by atoms with Gasteiger partial charge in [0.1, 0.15) is 12.4 Å². The number of rotatable bonds is 8. The Balaban J connectivity index is 2.21. The van der Waals surface area contributed by atoms with Crippen LogP contribution in [0.2, 0.25) is 0 Å². The number of allylic oxidation sites excluding steroid dienone is 1. The fraction of sp³-hybridized carbons (Fsp3) is 0.467. The Kier molecular flexibility index (Phi) is 6.96. The van der Waals surface area contributed by atoms with Crippen molar-refractivity contribution in [3.63, 3.8) is 0 Å². The summed E-state index contributed by atoms with van der Waals surface area (Å²) in [6.07, 6.45) is 9.34. The van der Waals surface area contributed by atoms with Crippen molar-refractivity contribution in [2.24, 2.45) is 0 Å². The van der Waals surface area contributed by atoms with Gasteiger partial charge < -0.3 is 10.1 Å². The van der Waals surface area contributed by atoms with E-state index in [4.69, 9.17) is 4.74 Å². The van der Waals surface area contributed by atoms with Crippen LogP contribution in [-0.4, -0.2) is 13.7 Å². The van der Waals surface area contributed by atoms with Gasteiger partial charge in [0.05, 0.1) is 0 Å². The monoisotopic (exact) mass is 233 g/mol. The standard InChI is InChI=1S/C15H23NO/c1-3-4-5-6-7-8-12-17-15-11-9-10-14(13-15)16-2/h7-11,13,16H,3-6,12H2,1-2H3. The largest absolute Gasteiger partial charge is 0.489 e. The summed E-state index contributed by atoms with van der Waals surface area (Å²) in [5.41, 5.74) is 1.08. The van der Waals surface area contributed by atoms with Crippen LogP contribution in [0.3, 0.4) is 0 Å². The molecule has 0 atom stereocenters. The first-order valence-corrected chi connectivity index (χ1v) is 6.42. The zero-order valence-corrected chi connectivity index (χ0v) is 10.9. The van der Waals surface area contributed by atoms with Crippen LogP contribution in [0.1, 0.15) is 32.6 Å². The lowest BCUT2D eigenvalue weighted by Gasteiger charge is -2.05. The molecule has 94 valence electrons. The first-order chi connectivity index (χ1) is 8.36. The number of anilines is 1. The Hall–Kier alpha value is -1.44. The van der Waals surface area contributed by atoms with Gasteiger partial charge in [0.2, 0.25) is 0 Å². The topological polar surface area (TPSA) is 21.3 Å². The van der Waals surface area contributed by atoms with Crippen LogP contribution in [-0.2, 0) is 0 Å². The fourth-order valence-electron chi connectivity index (χ4n) is 1.58. The van der Waals surface area contributed by atoms with Crippen molar-refractivity contribution in [1.82, 2.24) is 0 Å². The van der Waals surface area contributed by atoms with Crippen molar-refractivity contribution in [2.75, 3.05) is 19.0 Å². The zero-order valence-electron chi connectivity index (χ0n) is 10.9. The van der Waals surface area contributed by atoms with Crippen LogP contribution in [0.4, 0.5) is 5.69 Å². The van der Waals surface area contributed by atoms with Crippen LogP contribution in [0, 0.1) is 0 Å². The van der Waals surface area contributed by atoms with Crippen molar-refractivity contribution in [1.29, 1.82) is 0 Å². The van der Waals surface area contributed by atoms with Gasteiger partial charge in [0, 0.05) is 18.8 Å². The maximum atomic E-state index is 5.63. The second-order valence-electron chi connectivity index (χ2n) is 4.06. The summed E-state index contributed by atoms with van der Waals surface area (Å²) in [5, 5.41) is 3.09. The van der Waals surface area contributed by atoms with Crippen LogP contribution in [0.25, 0.3) is 0 Å². The van der Waals surface area contributed by atoms with Crippen LogP contribution in [0.5, 0.6) is 5.75 Å². The minimum absolute atomic E-state index is 0.652. The number of hydrogen-bond donors (Lipinski definition) is 1. The summed E-state index contributed by atoms with van der Waals surface area (Å²) in [4.78, 5) is 0. The van der Waals surface area contributed by atoms with E-state index >= 15 is 0 Å². The molecule has 0 aliphatic heterocycles. The maximum Gasteiger partial charge on any atom is 0.121 e. The zero-order chi connectivity index (χ0) is 12.3. The quantitative estimate of drug-likeness (QED) is 0.535. The summed E-state index contributed by atoms with van der Waals surface area (Å²) < 4.78 is 5.63. The number of nitrogens with one attached hydrogen (secondary N) is 1. The van der Waals surface area contributed by atoms with E-state index in [0.717, 1.165) is 17.9 Å². The molecule has 1 aromatic rings. The van der Waals surface area contributed by atoms with Gasteiger partial charge in [-0.05, 0) is 25.0 Å². The van der Waals surface area contributed by atoms with Crippen LogP contribution < -0.4 is 10.1 Å². The molecular weight excluding hydrogens is 210 g/mol. The molecule has 0 saturated heterocycles. The van der Waals surface area contributed by atoms with Crippen LogP contribution in [0.15, 0.2) is 36.4 Å². The highest BCUT2D eigenvalue weighted by molar-refractivity contribution is 5.47. The van der Waals surface area contributed by atoms with Gasteiger partial charge in [-0.3, -0.25) is 0 Å². The smallest absolute Gasteiger partial charge is 0.121 e. The first kappa shape index (κ1) is 13.6. The molecule has 1 N–H and O–H groups in total. The third-order valence-electron chi connectivity index (χ3n) is 2.61. The Labute approximate surface area is 105 Å². The van der Waals surface area contributed by atoms with E-state index in [9.17, 15) is 0 Å². The molecule has 0 saturated carbocycles. The molecule has 0 bridgehead atoms. The SMILES string of the molecule is CCCCCC=CCOc1cccc(NC)c1. The lowest BCUT2D eigenvalue weighted by molar-refractivity contribution is 0.362. The Morgan fingerprint density at radius 3 is 2.88 bits per heavy atom. The number of benzene rings is 1. The second kappa shape index (κ2) is 8.68. The Morgan fingerprint density at radius 2 is 2.12 bits per heavy atom. The van der Waals surface area contributed by atoms with Crippen molar-refractivity contribution in [3.8, 4) is 5.75 Å². The van der Waals surface area contributed by atoms with Gasteiger partial charge >= 0.3 is 0 Å². The molecule has 0 aliphatic carbocycles. The van der Waals surface area contributed by atoms with Crippen molar-refractivity contribution >= 4 is 5.69 Å². The predicted molar refractivity (Wildman–Crippen MR) is 74.8 cm³/mol. The number of unbranched alkanes of at least 4 members (excludes halogenated alkanes) is 3. The molecule has 2 nitrogen and oxygen atoms in total. The highest BCUT2D eigenvalue weighted by Gasteiger charge is 1.93. The highest BCUT2D eigenvalue weighted by atomic mass is 16.5. The fourth-order valence-corrected chi connectivity index (χ4v) is 1.58. The maximum absolute atomic E-state index is 5.63. The lowest BCUT2D eigenvalue weighted by Crippen LogP contribution is -1.94. The van der Waals surface area contributed by atoms with E-state index in [-0.39, 0.29) is 0 Å². The third-order valence-corrected chi connectivity index (χ3v) is 2.61. The highest BCUT2D eigenvalue weighted by Crippen LogP contribution is 2.16. The minimum Gasteiger partial charge on any atom is -0.489 e. The Bertz CT molecular complexity index is 333. The summed E-state index contributed by atoms with van der Waals surface area (Å²) in [5.74, 6) is 0.912. The third kappa shape index (κ3) is 6.00. The first-order valence-electron chi connectivity index (χ1n) is 6.42. The summed E-state index contributed by atoms with van der Waals surface area (Å²) in [6.45, 7) is 2.88. The molecule has 2 heteroatoms. The number of hydrogen-bond acceptors (Lipinski definition) is 2. The average molecular weight is 233 g/mol. The molecule has 0 amide bonds. The van der Waals surface area contributed by atoms with Gasteiger partial charge in [-0.15, -0.1) is 0 Å². The van der Waals surface area contributed by atoms with E-state index in [1.807, 2.05) is 31.3 Å². The molecule has 0 fully saturated rings. The van der Waals surface area contributed by atoms with Crippen molar-refractivity contribution < 1.29 is 4.74 Å². The van der Waals surface area contributed by atoms with E-state index in [0.29, 0.717) is 6.61 Å². The van der Waals surface area contributed by atoms with Gasteiger partial charge in [0.15, 0.2) is 0 Å². The summed E-state index contributed by atoms with van der Waals surface area (Å²) in [7, 11) is 1.91. The average Bonchev–Trinajstić information content (AvgIpc) is 2.38. The van der Waals surface area contributed by atoms with Crippen LogP contribution >= 0.6 is 0 Å². The van der Waals surface area contributed by atoms with E-state index in [2.05, 4.69) is 24.4 Å². The minimum atomic E-state index is 0.652. The molecule has 0 aliphatic rings. The molecule has 0 radical (unpaired) electrons. The summed E-state index contributed by atoms with van der Waals surface area (Å²) >= 11 is 0.